The zero-order valence-electron chi connectivity index (χ0n) is 12.2. The SMILES string of the molecule is Cc1nnc(N(Cc2ccco2)C2CC2)c(C(N)=S)c1C. The lowest BCUT2D eigenvalue weighted by molar-refractivity contribution is 0.499. The predicted molar refractivity (Wildman–Crippen MR) is 85.3 cm³/mol. The summed E-state index contributed by atoms with van der Waals surface area (Å²) in [4.78, 5) is 2.57. The van der Waals surface area contributed by atoms with E-state index in [4.69, 9.17) is 22.4 Å². The molecule has 2 heterocycles. The molecule has 110 valence electrons. The van der Waals surface area contributed by atoms with E-state index >= 15 is 0 Å². The van der Waals surface area contributed by atoms with E-state index in [1.165, 1.54) is 0 Å². The zero-order chi connectivity index (χ0) is 15.0. The molecular weight excluding hydrogens is 284 g/mol. The third-order valence-electron chi connectivity index (χ3n) is 3.85. The van der Waals surface area contributed by atoms with Gasteiger partial charge >= 0.3 is 0 Å². The second-order valence-corrected chi connectivity index (χ2v) is 5.85. The molecule has 0 aliphatic heterocycles. The molecule has 1 aliphatic carbocycles. The van der Waals surface area contributed by atoms with Gasteiger partial charge in [0.05, 0.1) is 24.1 Å². The molecule has 0 atom stereocenters. The molecule has 0 amide bonds. The van der Waals surface area contributed by atoms with E-state index in [1.807, 2.05) is 26.0 Å². The summed E-state index contributed by atoms with van der Waals surface area (Å²) in [5.74, 6) is 1.67. The van der Waals surface area contributed by atoms with Gasteiger partial charge in [-0.25, -0.2) is 0 Å². The van der Waals surface area contributed by atoms with Crippen LogP contribution in [0.4, 0.5) is 5.82 Å². The Balaban J connectivity index is 2.03. The van der Waals surface area contributed by atoms with Crippen LogP contribution >= 0.6 is 12.2 Å². The standard InChI is InChI=1S/C15H18N4OS/c1-9-10(2)17-18-15(13(9)14(16)21)19(11-5-6-11)8-12-4-3-7-20-12/h3-4,7,11H,5-6,8H2,1-2H3,(H2,16,21). The minimum absolute atomic E-state index is 0.366. The van der Waals surface area contributed by atoms with Gasteiger partial charge in [-0.2, -0.15) is 5.10 Å². The van der Waals surface area contributed by atoms with Gasteiger partial charge in [0.25, 0.3) is 0 Å². The summed E-state index contributed by atoms with van der Waals surface area (Å²) in [6, 6.07) is 4.31. The molecule has 5 nitrogen and oxygen atoms in total. The summed E-state index contributed by atoms with van der Waals surface area (Å²) >= 11 is 5.23. The van der Waals surface area contributed by atoms with E-state index in [9.17, 15) is 0 Å². The highest BCUT2D eigenvalue weighted by atomic mass is 32.1. The molecule has 21 heavy (non-hydrogen) atoms. The molecule has 2 aromatic heterocycles. The van der Waals surface area contributed by atoms with E-state index in [2.05, 4.69) is 15.1 Å². The van der Waals surface area contributed by atoms with Crippen LogP contribution < -0.4 is 10.6 Å². The first-order chi connectivity index (χ1) is 10.1. The van der Waals surface area contributed by atoms with Gasteiger partial charge in [-0.1, -0.05) is 12.2 Å². The number of hydrogen-bond acceptors (Lipinski definition) is 5. The molecule has 0 aromatic carbocycles. The molecule has 0 radical (unpaired) electrons. The Kier molecular flexibility index (Phi) is 3.63. The largest absolute Gasteiger partial charge is 0.467 e. The third kappa shape index (κ3) is 2.76. The Morgan fingerprint density at radius 2 is 2.19 bits per heavy atom. The summed E-state index contributed by atoms with van der Waals surface area (Å²) in [5, 5.41) is 8.61. The number of nitrogens with zero attached hydrogens (tertiary/aromatic N) is 3. The molecule has 6 heteroatoms. The lowest BCUT2D eigenvalue weighted by atomic mass is 10.1. The maximum absolute atomic E-state index is 5.93. The zero-order valence-corrected chi connectivity index (χ0v) is 13.0. The first kappa shape index (κ1) is 14.0. The Morgan fingerprint density at radius 3 is 2.76 bits per heavy atom. The molecule has 2 aromatic rings. The second kappa shape index (κ2) is 5.44. The number of hydrogen-bond donors (Lipinski definition) is 1. The number of aromatic nitrogens is 2. The van der Waals surface area contributed by atoms with Gasteiger partial charge < -0.3 is 15.1 Å². The quantitative estimate of drug-likeness (QED) is 0.856. The van der Waals surface area contributed by atoms with Crippen LogP contribution in [0.25, 0.3) is 0 Å². The molecule has 1 fully saturated rings. The van der Waals surface area contributed by atoms with Gasteiger partial charge in [0, 0.05) is 6.04 Å². The average Bonchev–Trinajstić information content (AvgIpc) is 3.16. The molecule has 3 rings (SSSR count). The Bertz CT molecular complexity index is 665. The van der Waals surface area contributed by atoms with Crippen LogP contribution in [0.3, 0.4) is 0 Å². The highest BCUT2D eigenvalue weighted by molar-refractivity contribution is 7.80. The van der Waals surface area contributed by atoms with Crippen LogP contribution in [0, 0.1) is 13.8 Å². The van der Waals surface area contributed by atoms with Crippen LogP contribution in [-0.4, -0.2) is 21.2 Å². The minimum Gasteiger partial charge on any atom is -0.467 e. The Morgan fingerprint density at radius 1 is 1.43 bits per heavy atom. The van der Waals surface area contributed by atoms with Gasteiger partial charge in [-0.05, 0) is 44.4 Å². The van der Waals surface area contributed by atoms with Crippen molar-refractivity contribution in [3.63, 3.8) is 0 Å². The number of furan rings is 1. The third-order valence-corrected chi connectivity index (χ3v) is 4.05. The van der Waals surface area contributed by atoms with Crippen molar-refractivity contribution in [2.75, 3.05) is 4.90 Å². The van der Waals surface area contributed by atoms with Crippen molar-refractivity contribution in [1.29, 1.82) is 0 Å². The average molecular weight is 302 g/mol. The monoisotopic (exact) mass is 302 g/mol. The van der Waals surface area contributed by atoms with E-state index in [1.54, 1.807) is 6.26 Å². The summed E-state index contributed by atoms with van der Waals surface area (Å²) < 4.78 is 5.46. The number of aryl methyl sites for hydroxylation is 1. The normalized spacial score (nSPS) is 14.2. The van der Waals surface area contributed by atoms with Gasteiger partial charge in [-0.15, -0.1) is 5.10 Å². The van der Waals surface area contributed by atoms with E-state index in [0.29, 0.717) is 17.6 Å². The first-order valence-electron chi connectivity index (χ1n) is 7.00. The molecule has 1 aliphatic rings. The van der Waals surface area contributed by atoms with Crippen molar-refractivity contribution >= 4 is 23.0 Å². The summed E-state index contributed by atoms with van der Waals surface area (Å²) in [6.07, 6.45) is 3.97. The second-order valence-electron chi connectivity index (χ2n) is 5.41. The van der Waals surface area contributed by atoms with Crippen molar-refractivity contribution in [1.82, 2.24) is 10.2 Å². The fraction of sp³-hybridized carbons (Fsp3) is 0.400. The fourth-order valence-corrected chi connectivity index (χ4v) is 2.67. The molecule has 0 unspecified atom stereocenters. The minimum atomic E-state index is 0.366. The first-order valence-corrected chi connectivity index (χ1v) is 7.41. The van der Waals surface area contributed by atoms with Crippen LogP contribution in [0.5, 0.6) is 0 Å². The Labute approximate surface area is 129 Å². The molecule has 0 bridgehead atoms. The van der Waals surface area contributed by atoms with Crippen LogP contribution in [0.2, 0.25) is 0 Å². The van der Waals surface area contributed by atoms with Crippen LogP contribution in [0.15, 0.2) is 22.8 Å². The molecule has 0 saturated heterocycles. The van der Waals surface area contributed by atoms with E-state index in [0.717, 1.165) is 41.2 Å². The van der Waals surface area contributed by atoms with Crippen molar-refractivity contribution in [2.24, 2.45) is 5.73 Å². The van der Waals surface area contributed by atoms with Crippen molar-refractivity contribution in [2.45, 2.75) is 39.3 Å². The summed E-state index contributed by atoms with van der Waals surface area (Å²) in [5.41, 5.74) is 8.61. The summed E-state index contributed by atoms with van der Waals surface area (Å²) in [6.45, 7) is 4.56. The van der Waals surface area contributed by atoms with E-state index < -0.39 is 0 Å². The summed E-state index contributed by atoms with van der Waals surface area (Å²) in [7, 11) is 0. The smallest absolute Gasteiger partial charge is 0.162 e. The lowest BCUT2D eigenvalue weighted by Gasteiger charge is -2.25. The molecular formula is C15H18N4OS. The van der Waals surface area contributed by atoms with Crippen LogP contribution in [0.1, 0.15) is 35.4 Å². The number of rotatable bonds is 5. The lowest BCUT2D eigenvalue weighted by Crippen LogP contribution is -2.30. The van der Waals surface area contributed by atoms with Gasteiger partial charge in [0.1, 0.15) is 10.7 Å². The van der Waals surface area contributed by atoms with E-state index in [-0.39, 0.29) is 0 Å². The van der Waals surface area contributed by atoms with Gasteiger partial charge in [0.2, 0.25) is 0 Å². The maximum atomic E-state index is 5.93. The Hall–Kier alpha value is -1.95. The van der Waals surface area contributed by atoms with Gasteiger partial charge in [-0.3, -0.25) is 0 Å². The van der Waals surface area contributed by atoms with Crippen molar-refractivity contribution in [3.05, 3.63) is 41.0 Å². The van der Waals surface area contributed by atoms with Crippen LogP contribution in [-0.2, 0) is 6.54 Å². The number of thiocarbonyl (C=S) groups is 1. The maximum Gasteiger partial charge on any atom is 0.162 e. The fourth-order valence-electron chi connectivity index (χ4n) is 2.43. The molecule has 2 N–H and O–H groups in total. The highest BCUT2D eigenvalue weighted by Gasteiger charge is 2.33. The number of anilines is 1. The predicted octanol–water partition coefficient (Wildman–Crippen LogP) is 2.49. The topological polar surface area (TPSA) is 68.2 Å². The van der Waals surface area contributed by atoms with Gasteiger partial charge in [0.15, 0.2) is 5.82 Å². The highest BCUT2D eigenvalue weighted by Crippen LogP contribution is 2.34. The molecule has 0 spiro atoms. The van der Waals surface area contributed by atoms with Crippen molar-refractivity contribution in [3.8, 4) is 0 Å². The van der Waals surface area contributed by atoms with Crippen molar-refractivity contribution < 1.29 is 4.42 Å². The number of nitrogens with two attached hydrogens (primary N) is 1. The molecule has 1 saturated carbocycles.